The Balaban J connectivity index is 1.79. The summed E-state index contributed by atoms with van der Waals surface area (Å²) in [6.07, 6.45) is 2.46. The van der Waals surface area contributed by atoms with Crippen LogP contribution in [-0.2, 0) is 0 Å². The molecule has 0 radical (unpaired) electrons. The van der Waals surface area contributed by atoms with Crippen LogP contribution in [0.15, 0.2) is 18.2 Å². The lowest BCUT2D eigenvalue weighted by molar-refractivity contribution is 0.0833. The molecule has 2 N–H and O–H groups in total. The van der Waals surface area contributed by atoms with Crippen molar-refractivity contribution in [2.45, 2.75) is 38.8 Å². The van der Waals surface area contributed by atoms with Gasteiger partial charge in [-0.15, -0.1) is 0 Å². The van der Waals surface area contributed by atoms with Crippen molar-refractivity contribution < 1.29 is 9.47 Å². The first kappa shape index (κ1) is 13.7. The second-order valence-corrected chi connectivity index (χ2v) is 6.05. The number of fused-ring (bicyclic) bond motifs is 1. The Morgan fingerprint density at radius 2 is 2.15 bits per heavy atom. The first-order chi connectivity index (χ1) is 9.69. The van der Waals surface area contributed by atoms with Crippen LogP contribution >= 0.6 is 0 Å². The maximum atomic E-state index is 5.98. The number of likely N-dealkylation sites (tertiary alicyclic amines) is 1. The van der Waals surface area contributed by atoms with E-state index in [2.05, 4.69) is 30.9 Å². The summed E-state index contributed by atoms with van der Waals surface area (Å²) in [5.74, 6) is 2.50. The maximum Gasteiger partial charge on any atom is 0.231 e. The van der Waals surface area contributed by atoms with Gasteiger partial charge < -0.3 is 15.2 Å². The molecule has 2 aliphatic heterocycles. The highest BCUT2D eigenvalue weighted by Crippen LogP contribution is 2.37. The molecule has 20 heavy (non-hydrogen) atoms. The molecule has 4 heteroatoms. The Hall–Kier alpha value is -1.26. The number of hydrogen-bond acceptors (Lipinski definition) is 4. The van der Waals surface area contributed by atoms with E-state index in [1.165, 1.54) is 18.4 Å². The fourth-order valence-corrected chi connectivity index (χ4v) is 3.38. The van der Waals surface area contributed by atoms with Crippen LogP contribution in [0.2, 0.25) is 0 Å². The average molecular weight is 276 g/mol. The summed E-state index contributed by atoms with van der Waals surface area (Å²) in [6.45, 7) is 6.78. The lowest BCUT2D eigenvalue weighted by atomic mass is 9.90. The Kier molecular flexibility index (Phi) is 3.85. The summed E-state index contributed by atoms with van der Waals surface area (Å²) in [4.78, 5) is 2.54. The molecule has 110 valence electrons. The van der Waals surface area contributed by atoms with E-state index in [-0.39, 0.29) is 0 Å². The normalized spacial score (nSPS) is 27.6. The first-order valence-corrected chi connectivity index (χ1v) is 7.54. The molecule has 0 aliphatic carbocycles. The zero-order valence-corrected chi connectivity index (χ0v) is 12.3. The first-order valence-electron chi connectivity index (χ1n) is 7.54. The second-order valence-electron chi connectivity index (χ2n) is 6.05. The topological polar surface area (TPSA) is 47.7 Å². The quantitative estimate of drug-likeness (QED) is 0.921. The van der Waals surface area contributed by atoms with E-state index in [1.54, 1.807) is 0 Å². The van der Waals surface area contributed by atoms with Crippen molar-refractivity contribution in [3.8, 4) is 11.5 Å². The molecule has 3 atom stereocenters. The van der Waals surface area contributed by atoms with Crippen molar-refractivity contribution in [2.75, 3.05) is 19.9 Å². The van der Waals surface area contributed by atoms with Gasteiger partial charge in [-0.1, -0.05) is 13.0 Å². The Morgan fingerprint density at radius 3 is 2.95 bits per heavy atom. The minimum Gasteiger partial charge on any atom is -0.454 e. The highest BCUT2D eigenvalue weighted by Gasteiger charge is 2.30. The number of rotatable bonds is 3. The zero-order valence-electron chi connectivity index (χ0n) is 12.3. The van der Waals surface area contributed by atoms with Crippen LogP contribution in [0.1, 0.15) is 38.3 Å². The Bertz CT molecular complexity index is 478. The van der Waals surface area contributed by atoms with E-state index in [0.717, 1.165) is 30.5 Å². The zero-order chi connectivity index (χ0) is 14.1. The molecule has 1 aromatic rings. The lowest BCUT2D eigenvalue weighted by Crippen LogP contribution is -2.47. The number of ether oxygens (including phenoxy) is 2. The van der Waals surface area contributed by atoms with Crippen LogP contribution in [0.4, 0.5) is 0 Å². The van der Waals surface area contributed by atoms with Gasteiger partial charge in [0.2, 0.25) is 6.79 Å². The SMILES string of the molecule is CC1CCN(C(C)c2ccc3c(c2)OCO3)C(CN)C1. The maximum absolute atomic E-state index is 5.98. The van der Waals surface area contributed by atoms with Crippen molar-refractivity contribution in [1.82, 2.24) is 4.90 Å². The predicted octanol–water partition coefficient (Wildman–Crippen LogP) is 2.54. The molecule has 0 bridgehead atoms. The molecule has 0 amide bonds. The summed E-state index contributed by atoms with van der Waals surface area (Å²) < 4.78 is 10.9. The summed E-state index contributed by atoms with van der Waals surface area (Å²) in [6, 6.07) is 7.12. The minimum absolute atomic E-state index is 0.333. The third kappa shape index (κ3) is 2.50. The van der Waals surface area contributed by atoms with Gasteiger partial charge in [0.15, 0.2) is 11.5 Å². The highest BCUT2D eigenvalue weighted by molar-refractivity contribution is 5.45. The molecule has 3 rings (SSSR count). The van der Waals surface area contributed by atoms with E-state index in [1.807, 2.05) is 6.07 Å². The van der Waals surface area contributed by atoms with Crippen LogP contribution in [0, 0.1) is 5.92 Å². The molecule has 4 nitrogen and oxygen atoms in total. The van der Waals surface area contributed by atoms with Gasteiger partial charge >= 0.3 is 0 Å². The van der Waals surface area contributed by atoms with Gasteiger partial charge in [0, 0.05) is 18.6 Å². The van der Waals surface area contributed by atoms with Gasteiger partial charge in [0.25, 0.3) is 0 Å². The van der Waals surface area contributed by atoms with E-state index in [0.29, 0.717) is 18.9 Å². The minimum atomic E-state index is 0.333. The number of nitrogens with zero attached hydrogens (tertiary/aromatic N) is 1. The summed E-state index contributed by atoms with van der Waals surface area (Å²) in [5, 5.41) is 0. The molecule has 0 aromatic heterocycles. The smallest absolute Gasteiger partial charge is 0.231 e. The standard InChI is InChI=1S/C16H24N2O2/c1-11-5-6-18(14(7-11)9-17)12(2)13-3-4-15-16(8-13)20-10-19-15/h3-4,8,11-12,14H,5-7,9-10,17H2,1-2H3. The third-order valence-electron chi connectivity index (χ3n) is 4.67. The molecular formula is C16H24N2O2. The molecular weight excluding hydrogens is 252 g/mol. The number of nitrogens with two attached hydrogens (primary N) is 1. The van der Waals surface area contributed by atoms with Crippen molar-refractivity contribution in [1.29, 1.82) is 0 Å². The molecule has 3 unspecified atom stereocenters. The van der Waals surface area contributed by atoms with Crippen LogP contribution in [0.5, 0.6) is 11.5 Å². The summed E-state index contributed by atoms with van der Waals surface area (Å²) >= 11 is 0. The van der Waals surface area contributed by atoms with Crippen molar-refractivity contribution in [3.63, 3.8) is 0 Å². The van der Waals surface area contributed by atoms with Crippen LogP contribution < -0.4 is 15.2 Å². The van der Waals surface area contributed by atoms with Crippen molar-refractivity contribution in [2.24, 2.45) is 11.7 Å². The predicted molar refractivity (Wildman–Crippen MR) is 78.9 cm³/mol. The average Bonchev–Trinajstić information content (AvgIpc) is 2.93. The van der Waals surface area contributed by atoms with Gasteiger partial charge in [-0.25, -0.2) is 0 Å². The molecule has 0 spiro atoms. The van der Waals surface area contributed by atoms with Gasteiger partial charge in [-0.05, 0) is 49.9 Å². The molecule has 2 aliphatic rings. The van der Waals surface area contributed by atoms with E-state index < -0.39 is 0 Å². The second kappa shape index (κ2) is 5.62. The summed E-state index contributed by atoms with van der Waals surface area (Å²) in [5.41, 5.74) is 7.26. The molecule has 1 aromatic carbocycles. The van der Waals surface area contributed by atoms with Gasteiger partial charge in [-0.2, -0.15) is 0 Å². The molecule has 1 fully saturated rings. The molecule has 0 saturated carbocycles. The summed E-state index contributed by atoms with van der Waals surface area (Å²) in [7, 11) is 0. The number of benzene rings is 1. The van der Waals surface area contributed by atoms with E-state index in [9.17, 15) is 0 Å². The fourth-order valence-electron chi connectivity index (χ4n) is 3.38. The van der Waals surface area contributed by atoms with E-state index in [4.69, 9.17) is 15.2 Å². The van der Waals surface area contributed by atoms with E-state index >= 15 is 0 Å². The number of piperidine rings is 1. The highest BCUT2D eigenvalue weighted by atomic mass is 16.7. The van der Waals surface area contributed by atoms with Crippen LogP contribution in [-0.4, -0.2) is 30.8 Å². The fraction of sp³-hybridized carbons (Fsp3) is 0.625. The molecule has 1 saturated heterocycles. The molecule has 2 heterocycles. The van der Waals surface area contributed by atoms with Crippen LogP contribution in [0.25, 0.3) is 0 Å². The monoisotopic (exact) mass is 276 g/mol. The van der Waals surface area contributed by atoms with Gasteiger partial charge in [0.05, 0.1) is 0 Å². The largest absolute Gasteiger partial charge is 0.454 e. The van der Waals surface area contributed by atoms with Crippen molar-refractivity contribution >= 4 is 0 Å². The lowest BCUT2D eigenvalue weighted by Gasteiger charge is -2.41. The van der Waals surface area contributed by atoms with Crippen molar-refractivity contribution in [3.05, 3.63) is 23.8 Å². The third-order valence-corrected chi connectivity index (χ3v) is 4.67. The Labute approximate surface area is 120 Å². The van der Waals surface area contributed by atoms with Crippen LogP contribution in [0.3, 0.4) is 0 Å². The van der Waals surface area contributed by atoms with Gasteiger partial charge in [-0.3, -0.25) is 4.90 Å². The van der Waals surface area contributed by atoms with Gasteiger partial charge in [0.1, 0.15) is 0 Å². The number of hydrogen-bond donors (Lipinski definition) is 1. The Morgan fingerprint density at radius 1 is 1.35 bits per heavy atom.